The molecule has 0 saturated heterocycles. The third kappa shape index (κ3) is 7.01. The lowest BCUT2D eigenvalue weighted by Crippen LogP contribution is -2.35. The summed E-state index contributed by atoms with van der Waals surface area (Å²) < 4.78 is 66.2. The van der Waals surface area contributed by atoms with E-state index in [0.717, 1.165) is 0 Å². The highest BCUT2D eigenvalue weighted by atomic mass is 32.3. The van der Waals surface area contributed by atoms with Crippen molar-refractivity contribution in [3.8, 4) is 5.75 Å². The van der Waals surface area contributed by atoms with Crippen LogP contribution in [0.15, 0.2) is 24.3 Å². The van der Waals surface area contributed by atoms with Gasteiger partial charge in [0.25, 0.3) is 0 Å². The van der Waals surface area contributed by atoms with Crippen LogP contribution in [0.3, 0.4) is 0 Å². The van der Waals surface area contributed by atoms with Crippen LogP contribution >= 0.6 is 0 Å². The van der Waals surface area contributed by atoms with Crippen LogP contribution in [-0.4, -0.2) is 38.0 Å². The van der Waals surface area contributed by atoms with Crippen molar-refractivity contribution >= 4 is 26.8 Å². The molecule has 1 aromatic rings. The quantitative estimate of drug-likeness (QED) is 0.550. The second kappa shape index (κ2) is 6.36. The van der Waals surface area contributed by atoms with E-state index >= 15 is 0 Å². The Balaban J connectivity index is 2.69. The fourth-order valence-electron chi connectivity index (χ4n) is 1.31. The van der Waals surface area contributed by atoms with Gasteiger partial charge in [-0.1, -0.05) is 12.1 Å². The number of rotatable bonds is 6. The number of hydrogen-bond acceptors (Lipinski definition) is 8. The molecule has 1 aromatic carbocycles. The minimum absolute atomic E-state index is 0.138. The van der Waals surface area contributed by atoms with Gasteiger partial charge in [0, 0.05) is 0 Å². The Bertz CT molecular complexity index is 708. The second-order valence-electron chi connectivity index (χ2n) is 3.80. The zero-order valence-corrected chi connectivity index (χ0v) is 11.9. The standard InChI is InChI=1S/C9H11NO9S2/c10-8(9(11)19-21(15,16)17)5-6-1-3-7(4-2-6)18-20(12,13)14/h1-4,8H,5,10H2,(H,12,13,14)(H,15,16,17). The van der Waals surface area contributed by atoms with E-state index < -0.39 is 32.8 Å². The monoisotopic (exact) mass is 341 g/mol. The molecule has 4 N–H and O–H groups in total. The Kier molecular flexibility index (Phi) is 5.25. The minimum Gasteiger partial charge on any atom is -0.362 e. The molecule has 0 spiro atoms. The van der Waals surface area contributed by atoms with Crippen LogP contribution in [-0.2, 0) is 36.2 Å². The van der Waals surface area contributed by atoms with Crippen LogP contribution in [0, 0.1) is 0 Å². The van der Waals surface area contributed by atoms with Crippen molar-refractivity contribution in [2.45, 2.75) is 12.5 Å². The lowest BCUT2D eigenvalue weighted by Gasteiger charge is -2.09. The Labute approximate surface area is 120 Å². The first-order valence-electron chi connectivity index (χ1n) is 5.18. The molecule has 1 unspecified atom stereocenters. The van der Waals surface area contributed by atoms with Gasteiger partial charge in [-0.15, -0.1) is 0 Å². The van der Waals surface area contributed by atoms with Gasteiger partial charge in [0.05, 0.1) is 0 Å². The smallest absolute Gasteiger partial charge is 0.362 e. The van der Waals surface area contributed by atoms with Crippen molar-refractivity contribution in [3.05, 3.63) is 29.8 Å². The van der Waals surface area contributed by atoms with E-state index in [1.165, 1.54) is 24.3 Å². The van der Waals surface area contributed by atoms with Gasteiger partial charge in [-0.2, -0.15) is 16.8 Å². The van der Waals surface area contributed by atoms with E-state index in [1.807, 2.05) is 0 Å². The lowest BCUT2D eigenvalue weighted by atomic mass is 10.1. The summed E-state index contributed by atoms with van der Waals surface area (Å²) in [6.07, 6.45) is -0.138. The average Bonchev–Trinajstić information content (AvgIpc) is 2.27. The molecule has 1 atom stereocenters. The maximum atomic E-state index is 11.2. The van der Waals surface area contributed by atoms with Crippen molar-refractivity contribution in [1.29, 1.82) is 0 Å². The summed E-state index contributed by atoms with van der Waals surface area (Å²) in [5.41, 5.74) is 5.81. The summed E-state index contributed by atoms with van der Waals surface area (Å²) in [7, 11) is -9.57. The Morgan fingerprint density at radius 1 is 1.10 bits per heavy atom. The highest BCUT2D eigenvalue weighted by Crippen LogP contribution is 2.15. The Morgan fingerprint density at radius 2 is 1.62 bits per heavy atom. The zero-order valence-electron chi connectivity index (χ0n) is 10.2. The van der Waals surface area contributed by atoms with Gasteiger partial charge < -0.3 is 14.1 Å². The van der Waals surface area contributed by atoms with Crippen molar-refractivity contribution in [1.82, 2.24) is 0 Å². The van der Waals surface area contributed by atoms with Gasteiger partial charge in [0.15, 0.2) is 0 Å². The topological polar surface area (TPSA) is 170 Å². The average molecular weight is 341 g/mol. The van der Waals surface area contributed by atoms with Crippen molar-refractivity contribution in [3.63, 3.8) is 0 Å². The number of benzene rings is 1. The molecular weight excluding hydrogens is 330 g/mol. The van der Waals surface area contributed by atoms with Crippen LogP contribution in [0.2, 0.25) is 0 Å². The molecule has 0 heterocycles. The first-order chi connectivity index (χ1) is 9.46. The molecule has 12 heteroatoms. The highest BCUT2D eigenvalue weighted by Gasteiger charge is 2.21. The third-order valence-corrected chi connectivity index (χ3v) is 2.85. The minimum atomic E-state index is -4.93. The summed E-state index contributed by atoms with van der Waals surface area (Å²) in [4.78, 5) is 11.2. The fourth-order valence-corrected chi connectivity index (χ4v) is 1.99. The van der Waals surface area contributed by atoms with Gasteiger partial charge in [0.1, 0.15) is 11.8 Å². The SMILES string of the molecule is NC(Cc1ccc(OS(=O)(=O)O)cc1)C(=O)OS(=O)(=O)O. The predicted octanol–water partition coefficient (Wildman–Crippen LogP) is -0.916. The summed E-state index contributed by atoms with van der Waals surface area (Å²) in [5.74, 6) is -1.52. The van der Waals surface area contributed by atoms with Gasteiger partial charge >= 0.3 is 26.8 Å². The maximum Gasteiger partial charge on any atom is 0.449 e. The number of hydrogen-bond donors (Lipinski definition) is 3. The first-order valence-corrected chi connectivity index (χ1v) is 7.91. The Morgan fingerprint density at radius 3 is 2.05 bits per heavy atom. The molecule has 0 bridgehead atoms. The molecule has 0 aliphatic carbocycles. The summed E-state index contributed by atoms with van der Waals surface area (Å²) >= 11 is 0. The fraction of sp³-hybridized carbons (Fsp3) is 0.222. The molecule has 0 aliphatic rings. The molecule has 0 saturated carbocycles. The first kappa shape index (κ1) is 17.3. The van der Waals surface area contributed by atoms with E-state index in [2.05, 4.69) is 8.37 Å². The number of carbonyl (C=O) groups excluding carboxylic acids is 1. The summed E-state index contributed by atoms with van der Waals surface area (Å²) in [6.45, 7) is 0. The van der Waals surface area contributed by atoms with E-state index in [9.17, 15) is 21.6 Å². The largest absolute Gasteiger partial charge is 0.449 e. The maximum absolute atomic E-state index is 11.2. The summed E-state index contributed by atoms with van der Waals surface area (Å²) in [6, 6.07) is 3.68. The van der Waals surface area contributed by atoms with Gasteiger partial charge in [0.2, 0.25) is 0 Å². The van der Waals surface area contributed by atoms with Crippen LogP contribution in [0.5, 0.6) is 5.75 Å². The van der Waals surface area contributed by atoms with Crippen molar-refractivity contribution in [2.75, 3.05) is 0 Å². The molecule has 0 fully saturated rings. The molecule has 21 heavy (non-hydrogen) atoms. The van der Waals surface area contributed by atoms with Crippen LogP contribution in [0.1, 0.15) is 5.56 Å². The molecule has 118 valence electrons. The Hall–Kier alpha value is -1.73. The number of carbonyl (C=O) groups is 1. The van der Waals surface area contributed by atoms with E-state index in [1.54, 1.807) is 0 Å². The van der Waals surface area contributed by atoms with Crippen molar-refractivity contribution < 1.29 is 39.1 Å². The summed E-state index contributed by atoms with van der Waals surface area (Å²) in [5, 5.41) is 0. The molecule has 0 radical (unpaired) electrons. The number of nitrogens with two attached hydrogens (primary N) is 1. The van der Waals surface area contributed by atoms with Gasteiger partial charge in [-0.05, 0) is 24.1 Å². The zero-order chi connectivity index (χ0) is 16.3. The normalized spacial score (nSPS) is 13.5. The third-order valence-electron chi connectivity index (χ3n) is 2.07. The van der Waals surface area contributed by atoms with E-state index in [4.69, 9.17) is 14.8 Å². The molecule has 10 nitrogen and oxygen atoms in total. The molecule has 0 amide bonds. The van der Waals surface area contributed by atoms with Gasteiger partial charge in [-0.3, -0.25) is 9.11 Å². The van der Waals surface area contributed by atoms with E-state index in [-0.39, 0.29) is 12.2 Å². The second-order valence-corrected chi connectivity index (χ2v) is 5.84. The van der Waals surface area contributed by atoms with Crippen molar-refractivity contribution in [2.24, 2.45) is 5.73 Å². The van der Waals surface area contributed by atoms with Gasteiger partial charge in [-0.25, -0.2) is 4.79 Å². The predicted molar refractivity (Wildman–Crippen MR) is 67.9 cm³/mol. The van der Waals surface area contributed by atoms with Crippen LogP contribution in [0.4, 0.5) is 0 Å². The molecular formula is C9H11NO9S2. The lowest BCUT2D eigenvalue weighted by molar-refractivity contribution is -0.135. The molecule has 0 aromatic heterocycles. The molecule has 1 rings (SSSR count). The highest BCUT2D eigenvalue weighted by molar-refractivity contribution is 7.81. The van der Waals surface area contributed by atoms with Crippen LogP contribution in [0.25, 0.3) is 0 Å². The van der Waals surface area contributed by atoms with E-state index in [0.29, 0.717) is 5.56 Å². The van der Waals surface area contributed by atoms with Crippen LogP contribution < -0.4 is 9.92 Å². The molecule has 0 aliphatic heterocycles.